The minimum absolute atomic E-state index is 0.00794. The fraction of sp³-hybridized carbons (Fsp3) is 0.424. The summed E-state index contributed by atoms with van der Waals surface area (Å²) in [5.74, 6) is -0.744. The molecule has 1 saturated heterocycles. The van der Waals surface area contributed by atoms with E-state index in [0.717, 1.165) is 29.5 Å². The minimum atomic E-state index is -1.01. The van der Waals surface area contributed by atoms with Gasteiger partial charge in [0.05, 0.1) is 18.2 Å². The van der Waals surface area contributed by atoms with Gasteiger partial charge in [0.1, 0.15) is 18.3 Å². The van der Waals surface area contributed by atoms with Crippen molar-refractivity contribution < 1.29 is 23.9 Å². The third-order valence-corrected chi connectivity index (χ3v) is 9.65. The maximum Gasteiger partial charge on any atom is 0.330 e. The van der Waals surface area contributed by atoms with Crippen molar-refractivity contribution >= 4 is 50.8 Å². The number of likely N-dealkylation sites (tertiary alicyclic amines) is 1. The van der Waals surface area contributed by atoms with Gasteiger partial charge in [0.2, 0.25) is 11.8 Å². The number of aromatic nitrogens is 1. The van der Waals surface area contributed by atoms with Crippen LogP contribution in [0.25, 0.3) is 10.1 Å². The molecule has 4 unspecified atom stereocenters. The largest absolute Gasteiger partial charge is 0.466 e. The van der Waals surface area contributed by atoms with E-state index in [9.17, 15) is 24.0 Å². The topological polar surface area (TPSA) is 139 Å². The normalized spacial score (nSPS) is 20.4. The predicted octanol–water partition coefficient (Wildman–Crippen LogP) is 3.50. The number of anilines is 1. The van der Waals surface area contributed by atoms with Crippen LogP contribution in [0.15, 0.2) is 65.6 Å². The van der Waals surface area contributed by atoms with E-state index in [1.807, 2.05) is 31.3 Å². The molecule has 12 heteroatoms. The number of ether oxygens (including phenoxy) is 1. The zero-order chi connectivity index (χ0) is 31.9. The second-order valence-electron chi connectivity index (χ2n) is 11.8. The number of methoxy groups -OCH3 is 1. The van der Waals surface area contributed by atoms with E-state index in [1.54, 1.807) is 18.2 Å². The number of hydrogen-bond acceptors (Lipinski definition) is 8. The molecule has 2 aliphatic rings. The van der Waals surface area contributed by atoms with Gasteiger partial charge in [-0.3, -0.25) is 24.1 Å². The first-order valence-corrected chi connectivity index (χ1v) is 16.1. The maximum atomic E-state index is 13.5. The van der Waals surface area contributed by atoms with E-state index in [4.69, 9.17) is 0 Å². The van der Waals surface area contributed by atoms with Crippen LogP contribution in [0.1, 0.15) is 48.2 Å². The van der Waals surface area contributed by atoms with E-state index in [-0.39, 0.29) is 37.1 Å². The quantitative estimate of drug-likeness (QED) is 0.217. The third kappa shape index (κ3) is 8.06. The summed E-state index contributed by atoms with van der Waals surface area (Å²) in [7, 11) is 3.29. The van der Waals surface area contributed by atoms with Crippen molar-refractivity contribution in [3.63, 3.8) is 0 Å². The molecule has 3 N–H and O–H groups in total. The fourth-order valence-electron chi connectivity index (χ4n) is 6.34. The van der Waals surface area contributed by atoms with Crippen LogP contribution < -0.4 is 21.5 Å². The van der Waals surface area contributed by atoms with Gasteiger partial charge in [0.15, 0.2) is 0 Å². The Morgan fingerprint density at radius 3 is 2.76 bits per heavy atom. The predicted molar refractivity (Wildman–Crippen MR) is 173 cm³/mol. The second kappa shape index (κ2) is 14.7. The lowest BCUT2D eigenvalue weighted by molar-refractivity contribution is -0.134. The van der Waals surface area contributed by atoms with Gasteiger partial charge < -0.3 is 25.3 Å². The highest BCUT2D eigenvalue weighted by Gasteiger charge is 2.37. The Bertz CT molecular complexity index is 1610. The molecule has 3 aromatic rings. The summed E-state index contributed by atoms with van der Waals surface area (Å²) >= 11 is 1.31. The molecule has 1 aliphatic heterocycles. The second-order valence-corrected chi connectivity index (χ2v) is 12.8. The van der Waals surface area contributed by atoms with Crippen LogP contribution in [0, 0.1) is 11.8 Å². The molecule has 2 fully saturated rings. The van der Waals surface area contributed by atoms with Gasteiger partial charge in [-0.15, -0.1) is 11.3 Å². The molecule has 3 heterocycles. The number of pyridine rings is 1. The molecule has 1 aliphatic carbocycles. The van der Waals surface area contributed by atoms with Crippen molar-refractivity contribution in [2.24, 2.45) is 11.8 Å². The first-order valence-electron chi connectivity index (χ1n) is 15.3. The lowest BCUT2D eigenvalue weighted by Gasteiger charge is -2.46. The summed E-state index contributed by atoms with van der Waals surface area (Å²) in [6, 6.07) is 11.4. The van der Waals surface area contributed by atoms with Crippen LogP contribution >= 0.6 is 11.3 Å². The Kier molecular flexibility index (Phi) is 10.5. The molecule has 0 spiro atoms. The number of carbonyl (C=O) groups is 4. The SMILES string of the molecule is COC(=O)/C=C/CCC(NC(=O)c1cc2ccccc2s1)C(=O)Nc1cccn(CC(=O)NC2C3CCCC(C3)CN2C)c1=O. The van der Waals surface area contributed by atoms with Crippen LogP contribution in [0.3, 0.4) is 0 Å². The summed E-state index contributed by atoms with van der Waals surface area (Å²) < 4.78 is 6.82. The van der Waals surface area contributed by atoms with Crippen LogP contribution in [0.4, 0.5) is 5.69 Å². The number of benzene rings is 1. The average Bonchev–Trinajstić information content (AvgIpc) is 3.47. The summed E-state index contributed by atoms with van der Waals surface area (Å²) in [5, 5.41) is 9.47. The Balaban J connectivity index is 1.26. The van der Waals surface area contributed by atoms with E-state index in [2.05, 4.69) is 25.6 Å². The van der Waals surface area contributed by atoms with Crippen molar-refractivity contribution in [2.75, 3.05) is 26.0 Å². The molecule has 2 aromatic heterocycles. The lowest BCUT2D eigenvalue weighted by atomic mass is 9.76. The van der Waals surface area contributed by atoms with Crippen LogP contribution in [-0.4, -0.2) is 66.1 Å². The number of allylic oxidation sites excluding steroid dienone is 1. The smallest absolute Gasteiger partial charge is 0.330 e. The van der Waals surface area contributed by atoms with Crippen molar-refractivity contribution in [2.45, 2.75) is 57.3 Å². The van der Waals surface area contributed by atoms with Gasteiger partial charge in [-0.2, -0.15) is 0 Å². The molecule has 1 aromatic carbocycles. The standard InChI is InChI=1S/C33H39N5O6S/c1-37-19-21-9-7-11-23(17-21)30(37)36-28(39)20-38-16-8-13-25(33(38)43)35-31(41)24(12-4-6-15-29(40)44-2)34-32(42)27-18-22-10-3-5-14-26(22)45-27/h3,5-6,8,10,13-16,18,21,23-24,30H,4,7,9,11-12,17,19-20H2,1-2H3,(H,34,42)(H,35,41)(H,36,39)/b15-6+. The highest BCUT2D eigenvalue weighted by molar-refractivity contribution is 7.20. The monoisotopic (exact) mass is 633 g/mol. The van der Waals surface area contributed by atoms with E-state index < -0.39 is 29.4 Å². The molecule has 3 amide bonds. The highest BCUT2D eigenvalue weighted by atomic mass is 32.1. The number of carbonyl (C=O) groups excluding carboxylic acids is 4. The number of nitrogens with zero attached hydrogens (tertiary/aromatic N) is 2. The summed E-state index contributed by atoms with van der Waals surface area (Å²) in [5.41, 5.74) is -0.540. The van der Waals surface area contributed by atoms with E-state index in [0.29, 0.717) is 16.7 Å². The fourth-order valence-corrected chi connectivity index (χ4v) is 7.30. The Morgan fingerprint density at radius 1 is 1.13 bits per heavy atom. The van der Waals surface area contributed by atoms with Gasteiger partial charge in [0.25, 0.3) is 11.5 Å². The lowest BCUT2D eigenvalue weighted by Crippen LogP contribution is -2.57. The number of piperidine rings is 1. The van der Waals surface area contributed by atoms with Crippen molar-refractivity contribution in [1.82, 2.24) is 20.1 Å². The Labute approximate surface area is 265 Å². The van der Waals surface area contributed by atoms with Crippen molar-refractivity contribution in [3.05, 3.63) is 76.0 Å². The molecule has 45 heavy (non-hydrogen) atoms. The Morgan fingerprint density at radius 2 is 1.96 bits per heavy atom. The molecule has 4 atom stereocenters. The van der Waals surface area contributed by atoms with Crippen LogP contribution in [0.2, 0.25) is 0 Å². The number of fused-ring (bicyclic) bond motifs is 3. The molecule has 1 saturated carbocycles. The van der Waals surface area contributed by atoms with Gasteiger partial charge in [-0.05, 0) is 80.6 Å². The van der Waals surface area contributed by atoms with Crippen molar-refractivity contribution in [1.29, 1.82) is 0 Å². The summed E-state index contributed by atoms with van der Waals surface area (Å²) in [6.07, 6.45) is 9.29. The Hall–Kier alpha value is -4.29. The van der Waals surface area contributed by atoms with Gasteiger partial charge in [-0.25, -0.2) is 4.79 Å². The number of hydrogen-bond donors (Lipinski definition) is 3. The molecule has 0 radical (unpaired) electrons. The molecule has 11 nitrogen and oxygen atoms in total. The number of amides is 3. The number of rotatable bonds is 11. The van der Waals surface area contributed by atoms with Gasteiger partial charge in [0, 0.05) is 23.5 Å². The molecule has 2 bridgehead atoms. The molecule has 238 valence electrons. The summed E-state index contributed by atoms with van der Waals surface area (Å²) in [6.45, 7) is 0.759. The first kappa shape index (κ1) is 32.1. The number of thiophene rings is 1. The zero-order valence-electron chi connectivity index (χ0n) is 25.5. The minimum Gasteiger partial charge on any atom is -0.466 e. The molecular formula is C33H39N5O6S. The third-order valence-electron chi connectivity index (χ3n) is 8.54. The van der Waals surface area contributed by atoms with Crippen LogP contribution in [0.5, 0.6) is 0 Å². The number of nitrogens with one attached hydrogen (secondary N) is 3. The van der Waals surface area contributed by atoms with E-state index in [1.165, 1.54) is 54.2 Å². The van der Waals surface area contributed by atoms with Crippen LogP contribution in [-0.2, 0) is 25.7 Å². The van der Waals surface area contributed by atoms with Gasteiger partial charge in [-0.1, -0.05) is 30.7 Å². The van der Waals surface area contributed by atoms with Gasteiger partial charge >= 0.3 is 5.97 Å². The summed E-state index contributed by atoms with van der Waals surface area (Å²) in [4.78, 5) is 67.1. The average molecular weight is 634 g/mol. The van der Waals surface area contributed by atoms with Crippen molar-refractivity contribution in [3.8, 4) is 0 Å². The first-order chi connectivity index (χ1) is 21.7. The molecule has 5 rings (SSSR count). The zero-order valence-corrected chi connectivity index (χ0v) is 26.3. The maximum absolute atomic E-state index is 13.5. The number of esters is 1. The highest BCUT2D eigenvalue weighted by Crippen LogP contribution is 2.36. The van der Waals surface area contributed by atoms with E-state index >= 15 is 0 Å². The molecular weight excluding hydrogens is 594 g/mol.